The van der Waals surface area contributed by atoms with Crippen LogP contribution in [0, 0.1) is 26.7 Å². The van der Waals surface area contributed by atoms with Gasteiger partial charge in [0.05, 0.1) is 0 Å². The third kappa shape index (κ3) is 1.66. The van der Waals surface area contributed by atoms with Gasteiger partial charge < -0.3 is 0 Å². The average Bonchev–Trinajstić information content (AvgIpc) is 2.97. The van der Waals surface area contributed by atoms with Gasteiger partial charge in [-0.15, -0.1) is 0 Å². The molecule has 0 heterocycles. The van der Waals surface area contributed by atoms with Crippen molar-refractivity contribution in [3.8, 4) is 0 Å². The lowest BCUT2D eigenvalue weighted by Crippen LogP contribution is -2.18. The summed E-state index contributed by atoms with van der Waals surface area (Å²) in [6.07, 6.45) is 1.33. The number of hydrogen-bond acceptors (Lipinski definition) is 0. The Morgan fingerprint density at radius 3 is 2.20 bits per heavy atom. The van der Waals surface area contributed by atoms with Crippen LogP contribution < -0.4 is 0 Å². The Bertz CT molecular complexity index is 390. The third-order valence-corrected chi connectivity index (χ3v) is 3.51. The van der Waals surface area contributed by atoms with Gasteiger partial charge in [0.1, 0.15) is 0 Å². The van der Waals surface area contributed by atoms with Crippen LogP contribution in [-0.2, 0) is 5.92 Å². The molecular weight excluding hydrogens is 194 g/mol. The van der Waals surface area contributed by atoms with Crippen LogP contribution in [-0.4, -0.2) is 0 Å². The molecule has 1 aromatic rings. The molecule has 2 heteroatoms. The van der Waals surface area contributed by atoms with E-state index in [-0.39, 0.29) is 5.56 Å². The maximum absolute atomic E-state index is 13.9. The van der Waals surface area contributed by atoms with E-state index in [2.05, 4.69) is 0 Å². The van der Waals surface area contributed by atoms with Gasteiger partial charge in [0, 0.05) is 11.5 Å². The average molecular weight is 210 g/mol. The molecule has 0 atom stereocenters. The first-order chi connectivity index (χ1) is 6.94. The van der Waals surface area contributed by atoms with Crippen LogP contribution in [0.1, 0.15) is 35.1 Å². The number of benzene rings is 1. The van der Waals surface area contributed by atoms with Crippen LogP contribution in [0.2, 0.25) is 0 Å². The lowest BCUT2D eigenvalue weighted by atomic mass is 9.93. The second kappa shape index (κ2) is 3.29. The van der Waals surface area contributed by atoms with Crippen LogP contribution in [0.5, 0.6) is 0 Å². The normalized spacial score (nSPS) is 16.9. The van der Waals surface area contributed by atoms with Crippen molar-refractivity contribution >= 4 is 0 Å². The quantitative estimate of drug-likeness (QED) is 0.689. The van der Waals surface area contributed by atoms with Crippen LogP contribution in [0.25, 0.3) is 0 Å². The van der Waals surface area contributed by atoms with Gasteiger partial charge in [-0.3, -0.25) is 0 Å². The minimum atomic E-state index is -2.62. The largest absolute Gasteiger partial charge is 0.276 e. The summed E-state index contributed by atoms with van der Waals surface area (Å²) >= 11 is 0. The van der Waals surface area contributed by atoms with Crippen molar-refractivity contribution in [3.63, 3.8) is 0 Å². The summed E-state index contributed by atoms with van der Waals surface area (Å²) in [5, 5.41) is 0. The van der Waals surface area contributed by atoms with Crippen molar-refractivity contribution in [1.29, 1.82) is 0 Å². The van der Waals surface area contributed by atoms with Crippen LogP contribution in [0.4, 0.5) is 8.78 Å². The van der Waals surface area contributed by atoms with Crippen molar-refractivity contribution in [1.82, 2.24) is 0 Å². The van der Waals surface area contributed by atoms with Crippen molar-refractivity contribution in [3.05, 3.63) is 34.4 Å². The molecule has 0 aliphatic heterocycles. The molecule has 0 bridgehead atoms. The summed E-state index contributed by atoms with van der Waals surface area (Å²) in [5.41, 5.74) is 3.07. The molecule has 0 spiro atoms. The highest BCUT2D eigenvalue weighted by molar-refractivity contribution is 5.41. The molecule has 82 valence electrons. The summed E-state index contributed by atoms with van der Waals surface area (Å²) in [4.78, 5) is 0. The monoisotopic (exact) mass is 210 g/mol. The molecule has 15 heavy (non-hydrogen) atoms. The Morgan fingerprint density at radius 2 is 1.67 bits per heavy atom. The maximum Gasteiger partial charge on any atom is 0.276 e. The van der Waals surface area contributed by atoms with E-state index < -0.39 is 11.8 Å². The van der Waals surface area contributed by atoms with Gasteiger partial charge >= 0.3 is 0 Å². The number of rotatable bonds is 2. The molecule has 1 aliphatic rings. The predicted molar refractivity (Wildman–Crippen MR) is 57.3 cm³/mol. The molecule has 0 nitrogen and oxygen atoms in total. The van der Waals surface area contributed by atoms with Gasteiger partial charge in [-0.2, -0.15) is 0 Å². The first kappa shape index (κ1) is 10.6. The number of aryl methyl sites for hydroxylation is 1. The zero-order valence-corrected chi connectivity index (χ0v) is 9.40. The predicted octanol–water partition coefficient (Wildman–Crippen LogP) is 4.11. The van der Waals surface area contributed by atoms with Crippen LogP contribution >= 0.6 is 0 Å². The van der Waals surface area contributed by atoms with Crippen molar-refractivity contribution in [2.75, 3.05) is 0 Å². The SMILES string of the molecule is Cc1ccc(C(F)(F)C2CC2)c(C)c1C. The Morgan fingerprint density at radius 1 is 1.07 bits per heavy atom. The summed E-state index contributed by atoms with van der Waals surface area (Å²) < 4.78 is 27.8. The molecule has 0 amide bonds. The molecule has 1 saturated carbocycles. The van der Waals surface area contributed by atoms with Gasteiger partial charge in [0.25, 0.3) is 5.92 Å². The molecule has 1 fully saturated rings. The van der Waals surface area contributed by atoms with E-state index in [1.165, 1.54) is 0 Å². The first-order valence-corrected chi connectivity index (χ1v) is 5.39. The van der Waals surface area contributed by atoms with E-state index in [0.29, 0.717) is 12.8 Å². The number of hydrogen-bond donors (Lipinski definition) is 0. The standard InChI is InChI=1S/C13H16F2/c1-8-4-7-12(10(3)9(8)2)13(14,15)11-5-6-11/h4,7,11H,5-6H2,1-3H3. The van der Waals surface area contributed by atoms with Gasteiger partial charge in [0.15, 0.2) is 0 Å². The highest BCUT2D eigenvalue weighted by Gasteiger charge is 2.48. The number of halogens is 2. The van der Waals surface area contributed by atoms with E-state index in [4.69, 9.17) is 0 Å². The fourth-order valence-corrected chi connectivity index (χ4v) is 1.98. The van der Waals surface area contributed by atoms with Crippen LogP contribution in [0.3, 0.4) is 0 Å². The summed E-state index contributed by atoms with van der Waals surface area (Å²) in [6, 6.07) is 3.39. The smallest absolute Gasteiger partial charge is 0.201 e. The highest BCUT2D eigenvalue weighted by atomic mass is 19.3. The van der Waals surface area contributed by atoms with E-state index in [0.717, 1.165) is 16.7 Å². The fraction of sp³-hybridized carbons (Fsp3) is 0.538. The topological polar surface area (TPSA) is 0 Å². The van der Waals surface area contributed by atoms with E-state index >= 15 is 0 Å². The Kier molecular flexibility index (Phi) is 2.32. The molecule has 0 radical (unpaired) electrons. The minimum absolute atomic E-state index is 0.230. The third-order valence-electron chi connectivity index (χ3n) is 3.51. The lowest BCUT2D eigenvalue weighted by molar-refractivity contribution is -0.0291. The van der Waals surface area contributed by atoms with Gasteiger partial charge in [0.2, 0.25) is 0 Å². The Labute approximate surface area is 89.3 Å². The summed E-state index contributed by atoms with van der Waals surface area (Å²) in [6.45, 7) is 5.67. The Hall–Kier alpha value is -0.920. The molecule has 0 aromatic heterocycles. The minimum Gasteiger partial charge on any atom is -0.201 e. The Balaban J connectivity index is 2.48. The van der Waals surface area contributed by atoms with Gasteiger partial charge in [-0.25, -0.2) is 8.78 Å². The zero-order valence-electron chi connectivity index (χ0n) is 9.40. The van der Waals surface area contributed by atoms with Gasteiger partial charge in [-0.05, 0) is 50.3 Å². The van der Waals surface area contributed by atoms with E-state index in [1.807, 2.05) is 13.8 Å². The maximum atomic E-state index is 13.9. The van der Waals surface area contributed by atoms with Gasteiger partial charge in [-0.1, -0.05) is 12.1 Å². The number of alkyl halides is 2. The highest BCUT2D eigenvalue weighted by Crippen LogP contribution is 2.50. The fourth-order valence-electron chi connectivity index (χ4n) is 1.98. The molecule has 0 unspecified atom stereocenters. The summed E-state index contributed by atoms with van der Waals surface area (Å²) in [7, 11) is 0. The lowest BCUT2D eigenvalue weighted by Gasteiger charge is -2.20. The molecule has 2 rings (SSSR count). The van der Waals surface area contributed by atoms with Crippen molar-refractivity contribution in [2.24, 2.45) is 5.92 Å². The second-order valence-corrected chi connectivity index (χ2v) is 4.58. The molecule has 0 N–H and O–H groups in total. The zero-order chi connectivity index (χ0) is 11.2. The first-order valence-electron chi connectivity index (χ1n) is 5.39. The molecule has 1 aliphatic carbocycles. The second-order valence-electron chi connectivity index (χ2n) is 4.58. The molecular formula is C13H16F2. The van der Waals surface area contributed by atoms with Crippen LogP contribution in [0.15, 0.2) is 12.1 Å². The van der Waals surface area contributed by atoms with Crippen molar-refractivity contribution in [2.45, 2.75) is 39.5 Å². The molecule has 1 aromatic carbocycles. The van der Waals surface area contributed by atoms with Crippen molar-refractivity contribution < 1.29 is 8.78 Å². The molecule has 0 saturated heterocycles. The van der Waals surface area contributed by atoms with E-state index in [9.17, 15) is 8.78 Å². The summed E-state index contributed by atoms with van der Waals surface area (Å²) in [5.74, 6) is -3.04. The van der Waals surface area contributed by atoms with E-state index in [1.54, 1.807) is 19.1 Å².